The Kier molecular flexibility index (Phi) is 5.15. The monoisotopic (exact) mass is 302 g/mol. The minimum Gasteiger partial charge on any atom is -0.480 e. The average Bonchev–Trinajstić information content (AvgIpc) is 2.67. The Labute approximate surface area is 123 Å². The molecule has 0 aliphatic carbocycles. The van der Waals surface area contributed by atoms with Gasteiger partial charge in [-0.15, -0.1) is 11.8 Å². The SMILES string of the molecule is CC(C)C1SCC(C(=O)O)N1C(=O)N1CCCOCC1. The van der Waals surface area contributed by atoms with Crippen LogP contribution in [0.5, 0.6) is 0 Å². The van der Waals surface area contributed by atoms with Crippen LogP contribution in [0.4, 0.5) is 4.79 Å². The van der Waals surface area contributed by atoms with Crippen LogP contribution in [0.15, 0.2) is 0 Å². The van der Waals surface area contributed by atoms with E-state index in [1.807, 2.05) is 13.8 Å². The molecular weight excluding hydrogens is 280 g/mol. The molecule has 20 heavy (non-hydrogen) atoms. The first-order valence-corrected chi connectivity index (χ1v) is 8.06. The molecule has 2 rings (SSSR count). The fraction of sp³-hybridized carbons (Fsp3) is 0.846. The molecule has 2 saturated heterocycles. The summed E-state index contributed by atoms with van der Waals surface area (Å²) in [6, 6.07) is -0.879. The summed E-state index contributed by atoms with van der Waals surface area (Å²) < 4.78 is 5.35. The summed E-state index contributed by atoms with van der Waals surface area (Å²) >= 11 is 1.56. The van der Waals surface area contributed by atoms with Gasteiger partial charge < -0.3 is 14.7 Å². The van der Waals surface area contributed by atoms with Gasteiger partial charge >= 0.3 is 12.0 Å². The number of urea groups is 1. The van der Waals surface area contributed by atoms with Gasteiger partial charge in [-0.05, 0) is 12.3 Å². The second kappa shape index (κ2) is 6.67. The molecule has 2 heterocycles. The third-order valence-corrected chi connectivity index (χ3v) is 5.22. The van der Waals surface area contributed by atoms with E-state index in [-0.39, 0.29) is 17.3 Å². The lowest BCUT2D eigenvalue weighted by Crippen LogP contribution is -2.53. The van der Waals surface area contributed by atoms with Gasteiger partial charge in [-0.3, -0.25) is 4.90 Å². The largest absolute Gasteiger partial charge is 0.480 e. The maximum absolute atomic E-state index is 12.7. The number of carboxylic acids is 1. The van der Waals surface area contributed by atoms with Crippen LogP contribution in [0.3, 0.4) is 0 Å². The van der Waals surface area contributed by atoms with Crippen molar-refractivity contribution in [2.45, 2.75) is 31.7 Å². The zero-order chi connectivity index (χ0) is 14.7. The summed E-state index contributed by atoms with van der Waals surface area (Å²) in [4.78, 5) is 27.4. The van der Waals surface area contributed by atoms with Crippen molar-refractivity contribution < 1.29 is 19.4 Å². The van der Waals surface area contributed by atoms with Crippen molar-refractivity contribution in [3.05, 3.63) is 0 Å². The maximum Gasteiger partial charge on any atom is 0.327 e. The molecule has 0 aromatic rings. The van der Waals surface area contributed by atoms with E-state index in [0.717, 1.165) is 6.42 Å². The van der Waals surface area contributed by atoms with Crippen molar-refractivity contribution in [1.82, 2.24) is 9.80 Å². The van der Waals surface area contributed by atoms with Gasteiger partial charge in [0.25, 0.3) is 0 Å². The van der Waals surface area contributed by atoms with Crippen molar-refractivity contribution in [3.8, 4) is 0 Å². The van der Waals surface area contributed by atoms with Crippen LogP contribution in [0.2, 0.25) is 0 Å². The number of rotatable bonds is 2. The molecule has 6 nitrogen and oxygen atoms in total. The number of thioether (sulfide) groups is 1. The van der Waals surface area contributed by atoms with Gasteiger partial charge in [-0.2, -0.15) is 0 Å². The summed E-state index contributed by atoms with van der Waals surface area (Å²) in [7, 11) is 0. The van der Waals surface area contributed by atoms with E-state index in [4.69, 9.17) is 4.74 Å². The third-order valence-electron chi connectivity index (χ3n) is 3.60. The topological polar surface area (TPSA) is 70.1 Å². The number of hydrogen-bond acceptors (Lipinski definition) is 4. The molecule has 2 amide bonds. The molecule has 2 aliphatic heterocycles. The van der Waals surface area contributed by atoms with Crippen molar-refractivity contribution in [3.63, 3.8) is 0 Å². The summed E-state index contributed by atoms with van der Waals surface area (Å²) in [5.74, 6) is -0.217. The van der Waals surface area contributed by atoms with Crippen molar-refractivity contribution in [2.75, 3.05) is 32.1 Å². The molecule has 7 heteroatoms. The molecule has 1 N–H and O–H groups in total. The predicted octanol–water partition coefficient (Wildman–Crippen LogP) is 1.31. The first-order chi connectivity index (χ1) is 9.52. The van der Waals surface area contributed by atoms with Crippen LogP contribution < -0.4 is 0 Å². The number of carbonyl (C=O) groups excluding carboxylic acids is 1. The Morgan fingerprint density at radius 3 is 2.70 bits per heavy atom. The Balaban J connectivity index is 2.15. The van der Waals surface area contributed by atoms with E-state index in [9.17, 15) is 14.7 Å². The number of carboxylic acid groups (broad SMARTS) is 1. The van der Waals surface area contributed by atoms with E-state index in [0.29, 0.717) is 32.1 Å². The molecule has 0 radical (unpaired) electrons. The summed E-state index contributed by atoms with van der Waals surface area (Å²) in [6.07, 6.45) is 0.802. The molecule has 2 fully saturated rings. The molecule has 2 aliphatic rings. The van der Waals surface area contributed by atoms with Crippen LogP contribution in [-0.2, 0) is 9.53 Å². The lowest BCUT2D eigenvalue weighted by molar-refractivity contribution is -0.141. The van der Waals surface area contributed by atoms with E-state index < -0.39 is 12.0 Å². The smallest absolute Gasteiger partial charge is 0.327 e. The van der Waals surface area contributed by atoms with Gasteiger partial charge in [0, 0.05) is 25.4 Å². The van der Waals surface area contributed by atoms with Gasteiger partial charge in [0.15, 0.2) is 0 Å². The summed E-state index contributed by atoms with van der Waals surface area (Å²) in [5.41, 5.74) is 0. The molecule has 0 saturated carbocycles. The fourth-order valence-electron chi connectivity index (χ4n) is 2.57. The number of ether oxygens (including phenoxy) is 1. The van der Waals surface area contributed by atoms with Crippen LogP contribution >= 0.6 is 11.8 Å². The number of amides is 2. The summed E-state index contributed by atoms with van der Waals surface area (Å²) in [6.45, 7) is 6.40. The second-order valence-corrected chi connectivity index (χ2v) is 6.61. The predicted molar refractivity (Wildman–Crippen MR) is 76.8 cm³/mol. The first kappa shape index (κ1) is 15.4. The molecule has 0 spiro atoms. The average molecular weight is 302 g/mol. The zero-order valence-electron chi connectivity index (χ0n) is 11.9. The Morgan fingerprint density at radius 1 is 1.30 bits per heavy atom. The highest BCUT2D eigenvalue weighted by atomic mass is 32.2. The minimum absolute atomic E-state index is 0.0622. The highest BCUT2D eigenvalue weighted by Gasteiger charge is 2.44. The lowest BCUT2D eigenvalue weighted by Gasteiger charge is -2.34. The summed E-state index contributed by atoms with van der Waals surface area (Å²) in [5, 5.41) is 9.27. The standard InChI is InChI=1S/C13H22N2O4S/c1-9(2)11-15(10(8-20-11)12(16)17)13(18)14-4-3-6-19-7-5-14/h9-11H,3-8H2,1-2H3,(H,16,17). The number of nitrogens with zero attached hydrogens (tertiary/aromatic N) is 2. The van der Waals surface area contributed by atoms with Gasteiger partial charge in [-0.1, -0.05) is 13.8 Å². The Bertz CT molecular complexity index is 369. The number of aliphatic carboxylic acids is 1. The maximum atomic E-state index is 12.7. The van der Waals surface area contributed by atoms with Crippen molar-refractivity contribution in [2.24, 2.45) is 5.92 Å². The molecule has 2 atom stereocenters. The van der Waals surface area contributed by atoms with E-state index in [1.165, 1.54) is 0 Å². The van der Waals surface area contributed by atoms with Gasteiger partial charge in [0.05, 0.1) is 12.0 Å². The van der Waals surface area contributed by atoms with Crippen LogP contribution in [0.25, 0.3) is 0 Å². The molecule has 0 bridgehead atoms. The van der Waals surface area contributed by atoms with Crippen LogP contribution in [0.1, 0.15) is 20.3 Å². The van der Waals surface area contributed by atoms with Crippen LogP contribution in [0, 0.1) is 5.92 Å². The van der Waals surface area contributed by atoms with Gasteiger partial charge in [0.1, 0.15) is 6.04 Å². The van der Waals surface area contributed by atoms with E-state index in [1.54, 1.807) is 21.6 Å². The Hall–Kier alpha value is -0.950. The fourth-order valence-corrected chi connectivity index (χ4v) is 4.04. The molecular formula is C13H22N2O4S. The van der Waals surface area contributed by atoms with E-state index >= 15 is 0 Å². The molecule has 0 aromatic heterocycles. The Morgan fingerprint density at radius 2 is 2.05 bits per heavy atom. The van der Waals surface area contributed by atoms with Crippen molar-refractivity contribution in [1.29, 1.82) is 0 Å². The minimum atomic E-state index is -0.917. The van der Waals surface area contributed by atoms with Crippen molar-refractivity contribution >= 4 is 23.8 Å². The van der Waals surface area contributed by atoms with Crippen LogP contribution in [-0.4, -0.2) is 70.4 Å². The lowest BCUT2D eigenvalue weighted by atomic mass is 10.1. The molecule has 114 valence electrons. The van der Waals surface area contributed by atoms with E-state index in [2.05, 4.69) is 0 Å². The molecule has 0 aromatic carbocycles. The van der Waals surface area contributed by atoms with Gasteiger partial charge in [0.2, 0.25) is 0 Å². The normalized spacial score (nSPS) is 27.8. The number of carbonyl (C=O) groups is 2. The zero-order valence-corrected chi connectivity index (χ0v) is 12.8. The number of hydrogen-bond donors (Lipinski definition) is 1. The molecule has 2 unspecified atom stereocenters. The third kappa shape index (κ3) is 3.20. The highest BCUT2D eigenvalue weighted by molar-refractivity contribution is 8.00. The highest BCUT2D eigenvalue weighted by Crippen LogP contribution is 2.35. The first-order valence-electron chi connectivity index (χ1n) is 7.01. The van der Waals surface area contributed by atoms with Gasteiger partial charge in [-0.25, -0.2) is 9.59 Å². The second-order valence-electron chi connectivity index (χ2n) is 5.46. The quantitative estimate of drug-likeness (QED) is 0.833.